The minimum absolute atomic E-state index is 0.279. The van der Waals surface area contributed by atoms with Gasteiger partial charge >= 0.3 is 0 Å². The van der Waals surface area contributed by atoms with Crippen LogP contribution in [0.15, 0.2) is 83.3 Å². The number of pyridine rings is 1. The lowest BCUT2D eigenvalue weighted by Gasteiger charge is -2.27. The van der Waals surface area contributed by atoms with Crippen molar-refractivity contribution < 1.29 is 9.21 Å². The highest BCUT2D eigenvalue weighted by molar-refractivity contribution is 6.05. The zero-order chi connectivity index (χ0) is 23.6. The number of fused-ring (bicyclic) bond motifs is 2. The Balaban J connectivity index is 1.30. The van der Waals surface area contributed by atoms with E-state index in [9.17, 15) is 4.79 Å². The average Bonchev–Trinajstić information content (AvgIpc) is 3.35. The zero-order valence-corrected chi connectivity index (χ0v) is 19.2. The zero-order valence-electron chi connectivity index (χ0n) is 19.2. The molecule has 1 aliphatic heterocycles. The summed E-state index contributed by atoms with van der Waals surface area (Å²) in [6.07, 6.45) is 0. The summed E-state index contributed by atoms with van der Waals surface area (Å²) in [5.41, 5.74) is 5.21. The fourth-order valence-corrected chi connectivity index (χ4v) is 4.51. The first-order valence-electron chi connectivity index (χ1n) is 11.8. The Morgan fingerprint density at radius 1 is 0.886 bits per heavy atom. The van der Waals surface area contributed by atoms with Gasteiger partial charge in [0.15, 0.2) is 5.58 Å². The Morgan fingerprint density at radius 3 is 2.60 bits per heavy atom. The van der Waals surface area contributed by atoms with Gasteiger partial charge in [0.05, 0.1) is 16.8 Å². The van der Waals surface area contributed by atoms with Crippen LogP contribution in [0.3, 0.4) is 0 Å². The molecule has 0 unspecified atom stereocenters. The molecule has 174 valence electrons. The Kier molecular flexibility index (Phi) is 5.70. The molecule has 3 aromatic carbocycles. The highest BCUT2D eigenvalue weighted by Crippen LogP contribution is 2.32. The van der Waals surface area contributed by atoms with Gasteiger partial charge in [0.1, 0.15) is 11.2 Å². The van der Waals surface area contributed by atoms with Crippen molar-refractivity contribution in [2.24, 2.45) is 0 Å². The van der Waals surface area contributed by atoms with Crippen LogP contribution in [0.4, 0.5) is 5.69 Å². The number of nitrogens with zero attached hydrogens (tertiary/aromatic N) is 3. The minimum Gasteiger partial charge on any atom is -0.436 e. The molecule has 1 fully saturated rings. The number of carbonyl (C=O) groups excluding carboxylic acids is 1. The second-order valence-electron chi connectivity index (χ2n) is 8.70. The number of rotatable bonds is 5. The van der Waals surface area contributed by atoms with Crippen molar-refractivity contribution in [3.05, 3.63) is 90.1 Å². The molecule has 7 nitrogen and oxygen atoms in total. The predicted octanol–water partition coefficient (Wildman–Crippen LogP) is 4.70. The first-order chi connectivity index (χ1) is 17.2. The van der Waals surface area contributed by atoms with Gasteiger partial charge < -0.3 is 15.1 Å². The van der Waals surface area contributed by atoms with Gasteiger partial charge in [-0.15, -0.1) is 0 Å². The van der Waals surface area contributed by atoms with Crippen LogP contribution in [-0.2, 0) is 6.54 Å². The van der Waals surface area contributed by atoms with E-state index in [0.717, 1.165) is 65.9 Å². The minimum atomic E-state index is -0.279. The summed E-state index contributed by atoms with van der Waals surface area (Å²) >= 11 is 0. The fraction of sp³-hybridized carbons (Fsp3) is 0.179. The van der Waals surface area contributed by atoms with Crippen molar-refractivity contribution in [1.29, 1.82) is 0 Å². The van der Waals surface area contributed by atoms with E-state index in [2.05, 4.69) is 26.6 Å². The number of piperazine rings is 1. The molecule has 7 heteroatoms. The number of nitrogens with one attached hydrogen (secondary N) is 2. The first-order valence-corrected chi connectivity index (χ1v) is 11.8. The summed E-state index contributed by atoms with van der Waals surface area (Å²) in [5, 5.41) is 7.38. The maximum absolute atomic E-state index is 13.1. The van der Waals surface area contributed by atoms with E-state index < -0.39 is 0 Å². The molecular weight excluding hydrogens is 438 g/mol. The van der Waals surface area contributed by atoms with Crippen LogP contribution in [0.25, 0.3) is 33.5 Å². The number of amides is 1. The maximum atomic E-state index is 13.1. The smallest absolute Gasteiger partial charge is 0.274 e. The van der Waals surface area contributed by atoms with Crippen LogP contribution < -0.4 is 10.6 Å². The van der Waals surface area contributed by atoms with E-state index in [4.69, 9.17) is 9.40 Å². The van der Waals surface area contributed by atoms with E-state index >= 15 is 0 Å². The Bertz CT molecular complexity index is 1520. The van der Waals surface area contributed by atoms with Gasteiger partial charge in [-0.3, -0.25) is 9.69 Å². The highest BCUT2D eigenvalue weighted by atomic mass is 16.3. The van der Waals surface area contributed by atoms with E-state index in [-0.39, 0.29) is 5.91 Å². The van der Waals surface area contributed by atoms with Gasteiger partial charge in [0.25, 0.3) is 5.91 Å². The van der Waals surface area contributed by atoms with E-state index in [1.54, 1.807) is 6.07 Å². The second-order valence-corrected chi connectivity index (χ2v) is 8.70. The fourth-order valence-electron chi connectivity index (χ4n) is 4.51. The lowest BCUT2D eigenvalue weighted by molar-refractivity contribution is 0.102. The summed E-state index contributed by atoms with van der Waals surface area (Å²) in [5.74, 6) is 0.203. The van der Waals surface area contributed by atoms with Crippen LogP contribution in [0, 0.1) is 0 Å². The average molecular weight is 464 g/mol. The molecule has 2 N–H and O–H groups in total. The Morgan fingerprint density at radius 2 is 1.69 bits per heavy atom. The van der Waals surface area contributed by atoms with E-state index in [1.807, 2.05) is 66.7 Å². The second kappa shape index (κ2) is 9.29. The molecule has 0 bridgehead atoms. The first kappa shape index (κ1) is 21.5. The molecule has 0 spiro atoms. The third-order valence-electron chi connectivity index (χ3n) is 6.34. The summed E-state index contributed by atoms with van der Waals surface area (Å²) in [6.45, 7) is 4.83. The number of hydrogen-bond acceptors (Lipinski definition) is 6. The van der Waals surface area contributed by atoms with Gasteiger partial charge in [-0.2, -0.15) is 0 Å². The molecule has 6 rings (SSSR count). The van der Waals surface area contributed by atoms with Crippen molar-refractivity contribution in [2.45, 2.75) is 6.54 Å². The molecule has 0 saturated carbocycles. The SMILES string of the molecule is O=C(Nc1ccccc1-c1nc2cccc(CN3CCNCC3)c2o1)c1ccc2ccccc2n1. The maximum Gasteiger partial charge on any atom is 0.274 e. The highest BCUT2D eigenvalue weighted by Gasteiger charge is 2.18. The summed E-state index contributed by atoms with van der Waals surface area (Å²) < 4.78 is 6.29. The van der Waals surface area contributed by atoms with E-state index in [0.29, 0.717) is 17.3 Å². The Hall–Kier alpha value is -4.07. The van der Waals surface area contributed by atoms with Crippen molar-refractivity contribution in [2.75, 3.05) is 31.5 Å². The van der Waals surface area contributed by atoms with Crippen LogP contribution in [0.1, 0.15) is 16.1 Å². The van der Waals surface area contributed by atoms with Crippen molar-refractivity contribution in [3.63, 3.8) is 0 Å². The summed E-state index contributed by atoms with van der Waals surface area (Å²) in [7, 11) is 0. The molecule has 1 aliphatic rings. The van der Waals surface area contributed by atoms with Crippen molar-refractivity contribution in [1.82, 2.24) is 20.2 Å². The molecule has 0 radical (unpaired) electrons. The molecule has 1 amide bonds. The van der Waals surface area contributed by atoms with Gasteiger partial charge in [-0.25, -0.2) is 9.97 Å². The molecule has 0 atom stereocenters. The summed E-state index contributed by atoms with van der Waals surface area (Å²) in [4.78, 5) is 24.7. The third-order valence-corrected chi connectivity index (χ3v) is 6.34. The van der Waals surface area contributed by atoms with E-state index in [1.165, 1.54) is 0 Å². The number of benzene rings is 3. The number of para-hydroxylation sites is 3. The lowest BCUT2D eigenvalue weighted by atomic mass is 10.1. The normalized spacial score (nSPS) is 14.4. The molecule has 3 heterocycles. The molecule has 35 heavy (non-hydrogen) atoms. The van der Waals surface area contributed by atoms with Gasteiger partial charge in [-0.1, -0.05) is 48.5 Å². The summed E-state index contributed by atoms with van der Waals surface area (Å²) in [6, 6.07) is 25.0. The van der Waals surface area contributed by atoms with Gasteiger partial charge in [0.2, 0.25) is 5.89 Å². The third kappa shape index (κ3) is 4.39. The molecule has 1 saturated heterocycles. The molecule has 5 aromatic rings. The van der Waals surface area contributed by atoms with Crippen LogP contribution in [0.2, 0.25) is 0 Å². The van der Waals surface area contributed by atoms with Crippen LogP contribution in [0.5, 0.6) is 0 Å². The molecular formula is C28H25N5O2. The number of carbonyl (C=O) groups is 1. The molecule has 0 aliphatic carbocycles. The lowest BCUT2D eigenvalue weighted by Crippen LogP contribution is -2.42. The number of anilines is 1. The number of aromatic nitrogens is 2. The predicted molar refractivity (Wildman–Crippen MR) is 137 cm³/mol. The quantitative estimate of drug-likeness (QED) is 0.393. The van der Waals surface area contributed by atoms with Gasteiger partial charge in [0, 0.05) is 43.7 Å². The van der Waals surface area contributed by atoms with Crippen LogP contribution in [-0.4, -0.2) is 47.0 Å². The Labute approximate surface area is 202 Å². The van der Waals surface area contributed by atoms with Gasteiger partial charge in [-0.05, 0) is 30.3 Å². The monoisotopic (exact) mass is 463 g/mol. The topological polar surface area (TPSA) is 83.3 Å². The standard InChI is InChI=1S/C28H25N5O2/c34-27(25-13-12-19-6-1-3-9-22(19)30-25)31-23-10-4-2-8-21(23)28-32-24-11-5-7-20(26(24)35-28)18-33-16-14-29-15-17-33/h1-13,29H,14-18H2,(H,31,34). The largest absolute Gasteiger partial charge is 0.436 e. The number of hydrogen-bond donors (Lipinski definition) is 2. The number of oxazole rings is 1. The van der Waals surface area contributed by atoms with Crippen molar-refractivity contribution in [3.8, 4) is 11.5 Å². The van der Waals surface area contributed by atoms with Crippen molar-refractivity contribution >= 4 is 33.6 Å². The van der Waals surface area contributed by atoms with Crippen LogP contribution >= 0.6 is 0 Å². The molecule has 2 aromatic heterocycles.